The minimum Gasteiger partial charge on any atom is -0.359 e. The summed E-state index contributed by atoms with van der Waals surface area (Å²) in [5.74, 6) is -0.321. The van der Waals surface area contributed by atoms with E-state index in [0.717, 1.165) is 19.3 Å². The normalized spacial score (nSPS) is 18.3. The lowest BCUT2D eigenvalue weighted by atomic mass is 10.0. The van der Waals surface area contributed by atoms with E-state index in [0.29, 0.717) is 12.8 Å². The summed E-state index contributed by atoms with van der Waals surface area (Å²) in [6, 6.07) is 0. The molecule has 6 nitrogen and oxygen atoms in total. The zero-order valence-corrected chi connectivity index (χ0v) is 12.0. The highest BCUT2D eigenvalue weighted by atomic mass is 32.3. The van der Waals surface area contributed by atoms with Crippen molar-refractivity contribution in [1.29, 1.82) is 0 Å². The van der Waals surface area contributed by atoms with Gasteiger partial charge in [-0.15, -0.1) is 4.79 Å². The summed E-state index contributed by atoms with van der Waals surface area (Å²) in [5, 5.41) is -0.733. The molecular formula is C10H18N2O4S2. The molecule has 0 bridgehead atoms. The van der Waals surface area contributed by atoms with Gasteiger partial charge in [0, 0.05) is 0 Å². The van der Waals surface area contributed by atoms with Crippen molar-refractivity contribution in [3.8, 4) is 0 Å². The van der Waals surface area contributed by atoms with E-state index in [4.69, 9.17) is 5.53 Å². The van der Waals surface area contributed by atoms with Gasteiger partial charge in [0.05, 0.1) is 11.0 Å². The molecule has 0 saturated heterocycles. The first-order valence-electron chi connectivity index (χ1n) is 6.05. The van der Waals surface area contributed by atoms with Crippen molar-refractivity contribution in [2.75, 3.05) is 5.75 Å². The van der Waals surface area contributed by atoms with E-state index < -0.39 is 29.3 Å². The zero-order valence-electron chi connectivity index (χ0n) is 10.4. The molecule has 0 aromatic heterocycles. The maximum Gasteiger partial charge on any atom is 0.495 e. The molecule has 1 rings (SSSR count). The van der Waals surface area contributed by atoms with Crippen LogP contribution in [0.3, 0.4) is 0 Å². The van der Waals surface area contributed by atoms with Gasteiger partial charge < -0.3 is 5.53 Å². The average molecular weight is 294 g/mol. The van der Waals surface area contributed by atoms with Crippen LogP contribution in [0.25, 0.3) is 5.53 Å². The maximum atomic E-state index is 12.2. The molecule has 0 aliphatic heterocycles. The Morgan fingerprint density at radius 1 is 1.17 bits per heavy atom. The highest BCUT2D eigenvalue weighted by Gasteiger charge is 2.45. The zero-order chi connectivity index (χ0) is 13.8. The third-order valence-corrected chi connectivity index (χ3v) is 7.99. The summed E-state index contributed by atoms with van der Waals surface area (Å²) in [7, 11) is -8.06. The fraction of sp³-hybridized carbons (Fsp3) is 0.900. The number of nitrogens with zero attached hydrogens (tertiary/aromatic N) is 2. The van der Waals surface area contributed by atoms with E-state index in [-0.39, 0.29) is 12.2 Å². The Hall–Kier alpha value is -0.720. The molecule has 18 heavy (non-hydrogen) atoms. The van der Waals surface area contributed by atoms with Crippen molar-refractivity contribution in [3.05, 3.63) is 5.53 Å². The molecule has 1 aliphatic rings. The molecule has 0 atom stereocenters. The second kappa shape index (κ2) is 5.95. The number of rotatable bonds is 3. The van der Waals surface area contributed by atoms with Crippen LogP contribution in [-0.2, 0) is 19.7 Å². The van der Waals surface area contributed by atoms with E-state index in [2.05, 4.69) is 4.79 Å². The Morgan fingerprint density at radius 2 is 1.72 bits per heavy atom. The van der Waals surface area contributed by atoms with E-state index in [9.17, 15) is 16.8 Å². The molecule has 0 radical (unpaired) electrons. The lowest BCUT2D eigenvalue weighted by Crippen LogP contribution is -2.36. The summed E-state index contributed by atoms with van der Waals surface area (Å²) in [6.07, 6.45) is 3.62. The molecule has 8 heteroatoms. The number of hydrogen-bond acceptors (Lipinski definition) is 4. The van der Waals surface area contributed by atoms with Crippen LogP contribution in [0, 0.1) is 0 Å². The van der Waals surface area contributed by atoms with Gasteiger partial charge in [0.25, 0.3) is 19.7 Å². The van der Waals surface area contributed by atoms with Crippen molar-refractivity contribution in [3.63, 3.8) is 0 Å². The number of hydrogen-bond donors (Lipinski definition) is 0. The van der Waals surface area contributed by atoms with Crippen LogP contribution in [0.2, 0.25) is 0 Å². The number of sulfone groups is 2. The third-order valence-electron chi connectivity index (χ3n) is 3.05. The van der Waals surface area contributed by atoms with Gasteiger partial charge in [-0.2, -0.15) is 0 Å². The van der Waals surface area contributed by atoms with Gasteiger partial charge in [0.1, 0.15) is 0 Å². The molecule has 1 saturated carbocycles. The lowest BCUT2D eigenvalue weighted by molar-refractivity contribution is 0.00370. The maximum absolute atomic E-state index is 12.2. The minimum absolute atomic E-state index is 0.279. The van der Waals surface area contributed by atoms with Crippen LogP contribution in [0.5, 0.6) is 0 Å². The van der Waals surface area contributed by atoms with Crippen molar-refractivity contribution in [2.45, 2.75) is 50.7 Å². The second-order valence-corrected chi connectivity index (χ2v) is 8.92. The summed E-state index contributed by atoms with van der Waals surface area (Å²) in [4.78, 5) is 2.57. The van der Waals surface area contributed by atoms with E-state index in [1.807, 2.05) is 0 Å². The van der Waals surface area contributed by atoms with Gasteiger partial charge in [0.15, 0.2) is 0 Å². The summed E-state index contributed by atoms with van der Waals surface area (Å²) in [5.41, 5.74) is 8.78. The van der Waals surface area contributed by atoms with Crippen molar-refractivity contribution in [2.24, 2.45) is 0 Å². The third kappa shape index (κ3) is 3.18. The molecule has 0 unspecified atom stereocenters. The quantitative estimate of drug-likeness (QED) is 0.337. The molecule has 0 spiro atoms. The van der Waals surface area contributed by atoms with Gasteiger partial charge in [-0.3, -0.25) is 0 Å². The SMILES string of the molecule is CCCS(=O)(=O)C(=[N+]=[N-])S(=O)(=O)C1CCCCC1. The smallest absolute Gasteiger partial charge is 0.359 e. The second-order valence-electron chi connectivity index (χ2n) is 4.49. The Morgan fingerprint density at radius 3 is 2.17 bits per heavy atom. The van der Waals surface area contributed by atoms with Crippen LogP contribution in [0.1, 0.15) is 45.4 Å². The molecular weight excluding hydrogens is 276 g/mol. The molecule has 0 aromatic carbocycles. The lowest BCUT2D eigenvalue weighted by Gasteiger charge is -2.19. The first-order chi connectivity index (χ1) is 8.36. The van der Waals surface area contributed by atoms with Crippen LogP contribution in [0.4, 0.5) is 0 Å². The van der Waals surface area contributed by atoms with Gasteiger partial charge in [0.2, 0.25) is 0 Å². The molecule has 0 aromatic rings. The largest absolute Gasteiger partial charge is 0.495 e. The monoisotopic (exact) mass is 294 g/mol. The van der Waals surface area contributed by atoms with Gasteiger partial charge >= 0.3 is 4.38 Å². The van der Waals surface area contributed by atoms with Crippen LogP contribution in [0.15, 0.2) is 0 Å². The predicted molar refractivity (Wildman–Crippen MR) is 68.5 cm³/mol. The van der Waals surface area contributed by atoms with Crippen LogP contribution in [-0.4, -0.2) is 37.0 Å². The van der Waals surface area contributed by atoms with Crippen LogP contribution < -0.4 is 0 Å². The van der Waals surface area contributed by atoms with Crippen LogP contribution >= 0.6 is 0 Å². The Labute approximate surface area is 108 Å². The van der Waals surface area contributed by atoms with Crippen molar-refractivity contribution < 1.29 is 21.6 Å². The Balaban J connectivity index is 3.13. The van der Waals surface area contributed by atoms with Gasteiger partial charge in [-0.1, -0.05) is 26.2 Å². The standard InChI is InChI=1S/C10H18N2O4S2/c1-2-8-17(13,14)10(12-11)18(15,16)9-6-4-3-5-7-9/h9H,2-8H2,1H3. The highest BCUT2D eigenvalue weighted by Crippen LogP contribution is 2.25. The fourth-order valence-corrected chi connectivity index (χ4v) is 6.43. The van der Waals surface area contributed by atoms with Gasteiger partial charge in [-0.05, 0) is 19.3 Å². The first kappa shape index (κ1) is 15.3. The fourth-order valence-electron chi connectivity index (χ4n) is 2.17. The predicted octanol–water partition coefficient (Wildman–Crippen LogP) is 1.14. The van der Waals surface area contributed by atoms with E-state index in [1.54, 1.807) is 6.92 Å². The summed E-state index contributed by atoms with van der Waals surface area (Å²) in [6.45, 7) is 1.62. The molecule has 0 amide bonds. The highest BCUT2D eigenvalue weighted by molar-refractivity contribution is 8.31. The summed E-state index contributed by atoms with van der Waals surface area (Å²) < 4.78 is 46.8. The Bertz CT molecular complexity index is 538. The molecule has 1 fully saturated rings. The van der Waals surface area contributed by atoms with Crippen molar-refractivity contribution >= 4 is 24.1 Å². The van der Waals surface area contributed by atoms with E-state index >= 15 is 0 Å². The summed E-state index contributed by atoms with van der Waals surface area (Å²) >= 11 is 0. The van der Waals surface area contributed by atoms with Gasteiger partial charge in [-0.25, -0.2) is 16.8 Å². The molecule has 0 heterocycles. The van der Waals surface area contributed by atoms with E-state index in [1.165, 1.54) is 0 Å². The average Bonchev–Trinajstić information content (AvgIpc) is 2.30. The molecule has 1 aliphatic carbocycles. The Kier molecular flexibility index (Phi) is 5.07. The van der Waals surface area contributed by atoms with Crippen molar-refractivity contribution in [1.82, 2.24) is 0 Å². The minimum atomic E-state index is -4.04. The molecule has 104 valence electrons. The topological polar surface area (TPSA) is 105 Å². The first-order valence-corrected chi connectivity index (χ1v) is 9.25. The molecule has 0 N–H and O–H groups in total.